The summed E-state index contributed by atoms with van der Waals surface area (Å²) in [6.45, 7) is 5.52. The van der Waals surface area contributed by atoms with E-state index in [9.17, 15) is 13.2 Å². The molecule has 1 atom stereocenters. The van der Waals surface area contributed by atoms with Gasteiger partial charge in [0.05, 0.1) is 0 Å². The van der Waals surface area contributed by atoms with Crippen LogP contribution >= 0.6 is 0 Å². The molecule has 1 aromatic heterocycles. The standard InChI is InChI=1S/C14H12FN5.C7H6F2O.C3H8.C2H6/c15-12-10(5-2-6-18-12)8-3-1-4-9(7-8)11-13(16)20-14(17)19-11;8-7(9)10-6-4-2-1-3-5-6;1-3-2;1-2/h1-7,11H,(H4,16,17,19,20);1-5,7H;3H2,1-2H3;1-2H3. The average molecular weight is 488 g/mol. The van der Waals surface area contributed by atoms with Gasteiger partial charge in [-0.1, -0.05) is 70.5 Å². The van der Waals surface area contributed by atoms with Crippen LogP contribution in [-0.4, -0.2) is 23.4 Å². The molecule has 4 rings (SSSR count). The maximum absolute atomic E-state index is 13.7. The molecule has 0 bridgehead atoms. The average Bonchev–Trinajstić information content (AvgIpc) is 3.20. The minimum Gasteiger partial charge on any atom is -0.435 e. The van der Waals surface area contributed by atoms with Crippen molar-refractivity contribution < 1.29 is 17.9 Å². The highest BCUT2D eigenvalue weighted by atomic mass is 19.3. The predicted molar refractivity (Wildman–Crippen MR) is 136 cm³/mol. The monoisotopic (exact) mass is 487 g/mol. The summed E-state index contributed by atoms with van der Waals surface area (Å²) in [4.78, 5) is 11.7. The molecule has 0 saturated heterocycles. The molecule has 0 amide bonds. The smallest absolute Gasteiger partial charge is 0.387 e. The molecule has 2 heterocycles. The lowest BCUT2D eigenvalue weighted by Gasteiger charge is -2.10. The minimum atomic E-state index is -2.73. The van der Waals surface area contributed by atoms with Crippen LogP contribution in [0, 0.1) is 5.95 Å². The maximum Gasteiger partial charge on any atom is 0.387 e. The molecule has 0 aliphatic carbocycles. The number of ether oxygens (including phenoxy) is 1. The Morgan fingerprint density at radius 2 is 1.60 bits per heavy atom. The Morgan fingerprint density at radius 3 is 2.14 bits per heavy atom. The van der Waals surface area contributed by atoms with E-state index >= 15 is 0 Å². The van der Waals surface area contributed by atoms with E-state index in [0.29, 0.717) is 17.0 Å². The number of hydrogen-bond donors (Lipinski definition) is 2. The fourth-order valence-corrected chi connectivity index (χ4v) is 2.75. The van der Waals surface area contributed by atoms with Gasteiger partial charge in [-0.3, -0.25) is 0 Å². The van der Waals surface area contributed by atoms with Crippen molar-refractivity contribution in [2.45, 2.75) is 46.8 Å². The topological polar surface area (TPSA) is 98.9 Å². The van der Waals surface area contributed by atoms with Gasteiger partial charge in [-0.25, -0.2) is 9.98 Å². The SMILES string of the molecule is CC.CCC.FC(F)Oc1ccccc1.NC1=NC(c2cccc(-c3cccnc3F)c2)C(N)=N1. The van der Waals surface area contributed by atoms with E-state index in [1.807, 2.05) is 32.0 Å². The van der Waals surface area contributed by atoms with E-state index in [-0.39, 0.29) is 11.7 Å². The summed E-state index contributed by atoms with van der Waals surface area (Å²) in [5, 5.41) is 0. The van der Waals surface area contributed by atoms with E-state index in [4.69, 9.17) is 11.5 Å². The zero-order chi connectivity index (χ0) is 26.2. The number of nitrogens with two attached hydrogens (primary N) is 2. The maximum atomic E-state index is 13.7. The molecule has 35 heavy (non-hydrogen) atoms. The van der Waals surface area contributed by atoms with Gasteiger partial charge in [-0.2, -0.15) is 18.2 Å². The number of hydrogen-bond acceptors (Lipinski definition) is 6. The molecule has 6 nitrogen and oxygen atoms in total. The molecule has 9 heteroatoms. The highest BCUT2D eigenvalue weighted by molar-refractivity contribution is 6.03. The molecular formula is C26H32F3N5O. The number of aliphatic imine (C=N–C) groups is 2. The van der Waals surface area contributed by atoms with Crippen LogP contribution in [-0.2, 0) is 0 Å². The lowest BCUT2D eigenvalue weighted by atomic mass is 10.0. The summed E-state index contributed by atoms with van der Waals surface area (Å²) >= 11 is 0. The van der Waals surface area contributed by atoms with Crippen LogP contribution in [0.25, 0.3) is 11.1 Å². The number of nitrogens with zero attached hydrogens (tertiary/aromatic N) is 3. The van der Waals surface area contributed by atoms with Crippen molar-refractivity contribution in [3.05, 3.63) is 84.4 Å². The zero-order valence-corrected chi connectivity index (χ0v) is 20.3. The molecule has 0 spiro atoms. The lowest BCUT2D eigenvalue weighted by molar-refractivity contribution is -0.0498. The minimum absolute atomic E-state index is 0.158. The largest absolute Gasteiger partial charge is 0.435 e. The zero-order valence-electron chi connectivity index (χ0n) is 20.3. The number of para-hydroxylation sites is 1. The summed E-state index contributed by atoms with van der Waals surface area (Å²) in [5.74, 6) is 0.176. The number of guanidine groups is 1. The second kappa shape index (κ2) is 15.9. The van der Waals surface area contributed by atoms with Gasteiger partial charge < -0.3 is 16.2 Å². The van der Waals surface area contributed by atoms with Crippen LogP contribution in [0.1, 0.15) is 45.7 Å². The second-order valence-corrected chi connectivity index (χ2v) is 6.79. The van der Waals surface area contributed by atoms with Crippen molar-refractivity contribution in [3.63, 3.8) is 0 Å². The number of aromatic nitrogens is 1. The molecule has 3 aromatic rings. The summed E-state index contributed by atoms with van der Waals surface area (Å²) < 4.78 is 40.8. The van der Waals surface area contributed by atoms with Gasteiger partial charge in [-0.15, -0.1) is 0 Å². The number of rotatable bonds is 4. The lowest BCUT2D eigenvalue weighted by Crippen LogP contribution is -2.17. The number of amidine groups is 1. The summed E-state index contributed by atoms with van der Waals surface area (Å²) in [6.07, 6.45) is 2.66. The third kappa shape index (κ3) is 9.87. The van der Waals surface area contributed by atoms with Gasteiger partial charge in [0.1, 0.15) is 17.6 Å². The normalized spacial score (nSPS) is 13.7. The van der Waals surface area contributed by atoms with Gasteiger partial charge in [-0.05, 0) is 41.5 Å². The Balaban J connectivity index is 0.000000343. The van der Waals surface area contributed by atoms with Crippen molar-refractivity contribution in [2.75, 3.05) is 0 Å². The Kier molecular flexibility index (Phi) is 13.2. The van der Waals surface area contributed by atoms with E-state index in [0.717, 1.165) is 5.56 Å². The van der Waals surface area contributed by atoms with Crippen LogP contribution in [0.3, 0.4) is 0 Å². The Morgan fingerprint density at radius 1 is 0.943 bits per heavy atom. The Labute approximate surface area is 204 Å². The van der Waals surface area contributed by atoms with Crippen LogP contribution in [0.5, 0.6) is 5.75 Å². The summed E-state index contributed by atoms with van der Waals surface area (Å²) in [5.41, 5.74) is 13.3. The van der Waals surface area contributed by atoms with Crippen molar-refractivity contribution in [3.8, 4) is 16.9 Å². The first-order valence-electron chi connectivity index (χ1n) is 11.2. The third-order valence-corrected chi connectivity index (χ3v) is 4.03. The van der Waals surface area contributed by atoms with Gasteiger partial charge in [0, 0.05) is 11.8 Å². The molecule has 2 aromatic carbocycles. The van der Waals surface area contributed by atoms with Gasteiger partial charge >= 0.3 is 6.61 Å². The first kappa shape index (κ1) is 29.2. The van der Waals surface area contributed by atoms with Crippen LogP contribution in [0.2, 0.25) is 0 Å². The highest BCUT2D eigenvalue weighted by Crippen LogP contribution is 2.27. The van der Waals surface area contributed by atoms with E-state index in [1.54, 1.807) is 36.4 Å². The quantitative estimate of drug-likeness (QED) is 0.419. The van der Waals surface area contributed by atoms with Gasteiger partial charge in [0.25, 0.3) is 0 Å². The van der Waals surface area contributed by atoms with Crippen LogP contribution in [0.15, 0.2) is 82.9 Å². The molecule has 0 fully saturated rings. The molecule has 188 valence electrons. The molecule has 1 unspecified atom stereocenters. The predicted octanol–water partition coefficient (Wildman–Crippen LogP) is 6.34. The van der Waals surface area contributed by atoms with Gasteiger partial charge in [0.15, 0.2) is 0 Å². The van der Waals surface area contributed by atoms with E-state index in [1.165, 1.54) is 24.8 Å². The van der Waals surface area contributed by atoms with Crippen molar-refractivity contribution >= 4 is 11.8 Å². The first-order chi connectivity index (χ1) is 16.8. The van der Waals surface area contributed by atoms with Crippen molar-refractivity contribution in [2.24, 2.45) is 21.5 Å². The van der Waals surface area contributed by atoms with E-state index in [2.05, 4.69) is 33.6 Å². The summed E-state index contributed by atoms with van der Waals surface area (Å²) in [7, 11) is 0. The highest BCUT2D eigenvalue weighted by Gasteiger charge is 2.21. The molecule has 4 N–H and O–H groups in total. The number of alkyl halides is 2. The van der Waals surface area contributed by atoms with Gasteiger partial charge in [0.2, 0.25) is 11.9 Å². The van der Waals surface area contributed by atoms with Crippen molar-refractivity contribution in [1.82, 2.24) is 4.98 Å². The molecular weight excluding hydrogens is 455 g/mol. The fourth-order valence-electron chi connectivity index (χ4n) is 2.75. The van der Waals surface area contributed by atoms with Crippen LogP contribution < -0.4 is 16.2 Å². The number of pyridine rings is 1. The van der Waals surface area contributed by atoms with Crippen LogP contribution in [0.4, 0.5) is 13.2 Å². The number of benzene rings is 2. The molecule has 1 aliphatic rings. The second-order valence-electron chi connectivity index (χ2n) is 6.79. The Bertz CT molecular complexity index is 1080. The number of halogens is 3. The van der Waals surface area contributed by atoms with Crippen molar-refractivity contribution in [1.29, 1.82) is 0 Å². The molecule has 0 saturated carbocycles. The fraction of sp³-hybridized carbons (Fsp3) is 0.269. The Hall–Kier alpha value is -3.88. The third-order valence-electron chi connectivity index (χ3n) is 4.03. The molecule has 1 aliphatic heterocycles. The molecule has 0 radical (unpaired) electrons. The van der Waals surface area contributed by atoms with E-state index < -0.39 is 18.6 Å². The summed E-state index contributed by atoms with van der Waals surface area (Å²) in [6, 6.07) is 18.2. The first-order valence-corrected chi connectivity index (χ1v) is 11.2.